The van der Waals surface area contributed by atoms with Gasteiger partial charge in [-0.25, -0.2) is 4.79 Å². The van der Waals surface area contributed by atoms with Crippen molar-refractivity contribution in [1.29, 1.82) is 0 Å². The maximum Gasteiger partial charge on any atom is 0.330 e. The summed E-state index contributed by atoms with van der Waals surface area (Å²) in [6.45, 7) is 2.80. The smallest absolute Gasteiger partial charge is 0.308 e. The zero-order valence-electron chi connectivity index (χ0n) is 10.5. The quantitative estimate of drug-likeness (QED) is 0.690. The third-order valence-electron chi connectivity index (χ3n) is 2.70. The van der Waals surface area contributed by atoms with Gasteiger partial charge in [-0.05, 0) is 20.5 Å². The molecule has 17 heavy (non-hydrogen) atoms. The molecule has 96 valence electrons. The van der Waals surface area contributed by atoms with Crippen molar-refractivity contribution in [1.82, 2.24) is 15.1 Å². The average molecular weight is 241 g/mol. The van der Waals surface area contributed by atoms with Crippen molar-refractivity contribution in [2.45, 2.75) is 19.8 Å². The first kappa shape index (κ1) is 13.6. The number of hydrogen-bond acceptors (Lipinski definition) is 4. The minimum atomic E-state index is -0.708. The number of barbiturate groups is 1. The molecule has 4 amide bonds. The number of nitrogens with zero attached hydrogens (tertiary/aromatic N) is 2. The Labute approximate surface area is 101 Å². The van der Waals surface area contributed by atoms with Gasteiger partial charge in [-0.3, -0.25) is 19.8 Å². The molecule has 0 radical (unpaired) electrons. The van der Waals surface area contributed by atoms with Gasteiger partial charge in [0.2, 0.25) is 11.8 Å². The first-order chi connectivity index (χ1) is 7.97. The van der Waals surface area contributed by atoms with Crippen molar-refractivity contribution in [2.75, 3.05) is 27.2 Å². The van der Waals surface area contributed by atoms with Gasteiger partial charge in [0.05, 0.1) is 0 Å². The van der Waals surface area contributed by atoms with Crippen LogP contribution in [-0.4, -0.2) is 54.8 Å². The van der Waals surface area contributed by atoms with Crippen LogP contribution in [0.15, 0.2) is 0 Å². The van der Waals surface area contributed by atoms with Gasteiger partial charge >= 0.3 is 6.03 Å². The molecule has 1 aliphatic heterocycles. The van der Waals surface area contributed by atoms with E-state index >= 15 is 0 Å². The molecule has 6 nitrogen and oxygen atoms in total. The summed E-state index contributed by atoms with van der Waals surface area (Å²) < 4.78 is 0. The highest BCUT2D eigenvalue weighted by Crippen LogP contribution is 2.15. The number of urea groups is 1. The molecule has 1 rings (SSSR count). The highest BCUT2D eigenvalue weighted by atomic mass is 16.2. The van der Waals surface area contributed by atoms with Crippen molar-refractivity contribution in [3.05, 3.63) is 0 Å². The molecule has 1 fully saturated rings. The molecule has 0 spiro atoms. The Morgan fingerprint density at radius 3 is 2.47 bits per heavy atom. The first-order valence-corrected chi connectivity index (χ1v) is 5.78. The van der Waals surface area contributed by atoms with Crippen molar-refractivity contribution >= 4 is 17.8 Å². The monoisotopic (exact) mass is 241 g/mol. The molecule has 1 unspecified atom stereocenters. The second kappa shape index (κ2) is 5.77. The Morgan fingerprint density at radius 1 is 1.29 bits per heavy atom. The predicted molar refractivity (Wildman–Crippen MR) is 62.2 cm³/mol. The highest BCUT2D eigenvalue weighted by Gasteiger charge is 2.39. The highest BCUT2D eigenvalue weighted by molar-refractivity contribution is 6.16. The van der Waals surface area contributed by atoms with Gasteiger partial charge in [-0.1, -0.05) is 13.3 Å². The molecular weight excluding hydrogens is 222 g/mol. The van der Waals surface area contributed by atoms with Gasteiger partial charge < -0.3 is 4.90 Å². The lowest BCUT2D eigenvalue weighted by molar-refractivity contribution is -0.142. The summed E-state index contributed by atoms with van der Waals surface area (Å²) in [6, 6.07) is -0.603. The van der Waals surface area contributed by atoms with E-state index in [0.717, 1.165) is 11.3 Å². The maximum atomic E-state index is 12.0. The number of hydrogen-bond donors (Lipinski definition) is 1. The molecule has 0 aromatic heterocycles. The van der Waals surface area contributed by atoms with Crippen molar-refractivity contribution in [2.24, 2.45) is 5.92 Å². The molecule has 1 aliphatic rings. The van der Waals surface area contributed by atoms with E-state index < -0.39 is 17.9 Å². The van der Waals surface area contributed by atoms with Crippen LogP contribution >= 0.6 is 0 Å². The van der Waals surface area contributed by atoms with Gasteiger partial charge in [0.25, 0.3) is 0 Å². The summed E-state index contributed by atoms with van der Waals surface area (Å²) in [7, 11) is 3.72. The van der Waals surface area contributed by atoms with Gasteiger partial charge in [-0.2, -0.15) is 0 Å². The van der Waals surface area contributed by atoms with E-state index in [-0.39, 0.29) is 5.91 Å². The van der Waals surface area contributed by atoms with E-state index in [4.69, 9.17) is 0 Å². The molecule has 0 aliphatic carbocycles. The third-order valence-corrected chi connectivity index (χ3v) is 2.70. The summed E-state index contributed by atoms with van der Waals surface area (Å²) in [6.07, 6.45) is 1.22. The van der Waals surface area contributed by atoms with Crippen LogP contribution in [0.2, 0.25) is 0 Å². The zero-order chi connectivity index (χ0) is 13.0. The van der Waals surface area contributed by atoms with Crippen LogP contribution < -0.4 is 5.32 Å². The van der Waals surface area contributed by atoms with E-state index in [1.807, 2.05) is 25.9 Å². The second-order valence-electron chi connectivity index (χ2n) is 4.43. The van der Waals surface area contributed by atoms with Crippen LogP contribution in [0.1, 0.15) is 19.8 Å². The molecule has 0 saturated carbocycles. The van der Waals surface area contributed by atoms with Crippen LogP contribution in [0, 0.1) is 5.92 Å². The summed E-state index contributed by atoms with van der Waals surface area (Å²) in [5.41, 5.74) is 0. The summed E-state index contributed by atoms with van der Waals surface area (Å²) >= 11 is 0. The van der Waals surface area contributed by atoms with Gasteiger partial charge in [0.15, 0.2) is 0 Å². The Hall–Kier alpha value is -1.43. The predicted octanol–water partition coefficient (Wildman–Crippen LogP) is 0.0427. The molecule has 0 aromatic carbocycles. The lowest BCUT2D eigenvalue weighted by Gasteiger charge is -2.30. The number of nitrogens with one attached hydrogen (secondary N) is 1. The molecular formula is C11H19N3O3. The fourth-order valence-electron chi connectivity index (χ4n) is 1.72. The first-order valence-electron chi connectivity index (χ1n) is 5.78. The molecule has 1 atom stereocenters. The van der Waals surface area contributed by atoms with Crippen molar-refractivity contribution in [3.8, 4) is 0 Å². The number of carbonyl (C=O) groups is 3. The molecule has 6 heteroatoms. The normalized spacial score (nSPS) is 21.1. The van der Waals surface area contributed by atoms with E-state index in [2.05, 4.69) is 5.32 Å². The number of rotatable bonds is 5. The minimum absolute atomic E-state index is 0.311. The number of carbonyl (C=O) groups excluding carboxylic acids is 3. The van der Waals surface area contributed by atoms with Crippen molar-refractivity contribution in [3.63, 3.8) is 0 Å². The molecule has 1 heterocycles. The standard InChI is InChI=1S/C11H19N3O3/c1-4-5-8-9(15)12-11(17)14(10(8)16)7-6-13(2)3/h8H,4-7H2,1-3H3,(H,12,15,17). The van der Waals surface area contributed by atoms with E-state index in [1.165, 1.54) is 0 Å². The minimum Gasteiger partial charge on any atom is -0.308 e. The second-order valence-corrected chi connectivity index (χ2v) is 4.43. The summed E-state index contributed by atoms with van der Waals surface area (Å²) in [5.74, 6) is -1.55. The van der Waals surface area contributed by atoms with Crippen LogP contribution in [0.5, 0.6) is 0 Å². The maximum absolute atomic E-state index is 12.0. The number of amides is 4. The van der Waals surface area contributed by atoms with Gasteiger partial charge in [0.1, 0.15) is 5.92 Å². The largest absolute Gasteiger partial charge is 0.330 e. The summed E-state index contributed by atoms with van der Waals surface area (Å²) in [5, 5.41) is 2.23. The zero-order valence-corrected chi connectivity index (χ0v) is 10.5. The molecule has 0 bridgehead atoms. The SMILES string of the molecule is CCCC1C(=O)NC(=O)N(CCN(C)C)C1=O. The fourth-order valence-corrected chi connectivity index (χ4v) is 1.72. The van der Waals surface area contributed by atoms with E-state index in [9.17, 15) is 14.4 Å². The molecule has 1 N–H and O–H groups in total. The Bertz CT molecular complexity index is 328. The lowest BCUT2D eigenvalue weighted by Crippen LogP contribution is -2.58. The van der Waals surface area contributed by atoms with Gasteiger partial charge in [0, 0.05) is 13.1 Å². The lowest BCUT2D eigenvalue weighted by atomic mass is 9.99. The average Bonchev–Trinajstić information content (AvgIpc) is 2.23. The van der Waals surface area contributed by atoms with Gasteiger partial charge in [-0.15, -0.1) is 0 Å². The van der Waals surface area contributed by atoms with Crippen LogP contribution in [0.3, 0.4) is 0 Å². The Kier molecular flexibility index (Phi) is 4.62. The number of likely N-dealkylation sites (N-methyl/N-ethyl adjacent to an activating group) is 1. The summed E-state index contributed by atoms with van der Waals surface area (Å²) in [4.78, 5) is 38.0. The number of imide groups is 2. The molecule has 0 aromatic rings. The van der Waals surface area contributed by atoms with Crippen LogP contribution in [0.25, 0.3) is 0 Å². The topological polar surface area (TPSA) is 69.7 Å². The molecule has 1 saturated heterocycles. The van der Waals surface area contributed by atoms with E-state index in [0.29, 0.717) is 19.5 Å². The Balaban J connectivity index is 2.72. The van der Waals surface area contributed by atoms with Crippen LogP contribution in [-0.2, 0) is 9.59 Å². The van der Waals surface area contributed by atoms with E-state index in [1.54, 1.807) is 0 Å². The van der Waals surface area contributed by atoms with Crippen molar-refractivity contribution < 1.29 is 14.4 Å². The Morgan fingerprint density at radius 2 is 1.94 bits per heavy atom. The third kappa shape index (κ3) is 3.26. The fraction of sp³-hybridized carbons (Fsp3) is 0.727. The van der Waals surface area contributed by atoms with Crippen LogP contribution in [0.4, 0.5) is 4.79 Å².